The third-order valence-corrected chi connectivity index (χ3v) is 3.74. The minimum Gasteiger partial charge on any atom is -0.338 e. The molecule has 0 saturated heterocycles. The van der Waals surface area contributed by atoms with Crippen LogP contribution in [-0.4, -0.2) is 23.6 Å². The van der Waals surface area contributed by atoms with Crippen molar-refractivity contribution in [2.24, 2.45) is 11.8 Å². The second kappa shape index (κ2) is 4.96. The summed E-state index contributed by atoms with van der Waals surface area (Å²) >= 11 is 0. The van der Waals surface area contributed by atoms with Gasteiger partial charge in [0.2, 0.25) is 5.91 Å². The van der Waals surface area contributed by atoms with E-state index >= 15 is 0 Å². The fourth-order valence-electron chi connectivity index (χ4n) is 2.60. The summed E-state index contributed by atoms with van der Waals surface area (Å²) in [6, 6.07) is 0. The van der Waals surface area contributed by atoms with E-state index in [1.54, 1.807) is 0 Å². The summed E-state index contributed by atoms with van der Waals surface area (Å²) in [5.74, 6) is 0.721. The lowest BCUT2D eigenvalue weighted by atomic mass is 9.86. The van der Waals surface area contributed by atoms with Gasteiger partial charge in [0.25, 0.3) is 0 Å². The van der Waals surface area contributed by atoms with Crippen LogP contribution in [0.5, 0.6) is 0 Å². The van der Waals surface area contributed by atoms with Crippen LogP contribution in [0.3, 0.4) is 0 Å². The largest absolute Gasteiger partial charge is 0.338 e. The highest BCUT2D eigenvalue weighted by molar-refractivity contribution is 6.02. The van der Waals surface area contributed by atoms with Gasteiger partial charge in [-0.3, -0.25) is 9.59 Å². The van der Waals surface area contributed by atoms with Crippen LogP contribution in [0, 0.1) is 11.8 Å². The van der Waals surface area contributed by atoms with Crippen LogP contribution in [0.1, 0.15) is 33.1 Å². The number of carbonyl (C=O) groups is 2. The first-order valence-corrected chi connectivity index (χ1v) is 6.52. The van der Waals surface area contributed by atoms with Crippen molar-refractivity contribution in [1.29, 1.82) is 0 Å². The lowest BCUT2D eigenvalue weighted by Gasteiger charge is -2.21. The zero-order valence-corrected chi connectivity index (χ0v) is 11.2. The van der Waals surface area contributed by atoms with Crippen LogP contribution in [0.4, 0.5) is 0 Å². The molecule has 1 amide bonds. The molecule has 0 aliphatic carbocycles. The Bertz CT molecular complexity index is 437. The smallest absolute Gasteiger partial charge is 0.226 e. The standard InChI is InChI=1S/C14H20N2O2/c1-4-10-8-11(17)15-14-12(13(10)18)9(2)6-5-7-16(14)3/h5,7,9-10H,4,6,8H2,1-3H3,(H,15,17). The molecule has 4 nitrogen and oxygen atoms in total. The number of ketones is 1. The van der Waals surface area contributed by atoms with E-state index in [2.05, 4.69) is 5.32 Å². The second-order valence-corrected chi connectivity index (χ2v) is 5.12. The Morgan fingerprint density at radius 3 is 2.83 bits per heavy atom. The molecule has 4 heteroatoms. The molecule has 2 unspecified atom stereocenters. The summed E-state index contributed by atoms with van der Waals surface area (Å²) in [4.78, 5) is 26.3. The van der Waals surface area contributed by atoms with Gasteiger partial charge in [-0.25, -0.2) is 0 Å². The lowest BCUT2D eigenvalue weighted by molar-refractivity contribution is -0.126. The molecular formula is C14H20N2O2. The maximum Gasteiger partial charge on any atom is 0.226 e. The lowest BCUT2D eigenvalue weighted by Crippen LogP contribution is -2.30. The highest BCUT2D eigenvalue weighted by Crippen LogP contribution is 2.30. The molecule has 2 rings (SSSR count). The first-order valence-electron chi connectivity index (χ1n) is 6.52. The van der Waals surface area contributed by atoms with Gasteiger partial charge in [0, 0.05) is 31.2 Å². The fraction of sp³-hybridized carbons (Fsp3) is 0.571. The van der Waals surface area contributed by atoms with E-state index in [-0.39, 0.29) is 23.5 Å². The van der Waals surface area contributed by atoms with E-state index in [4.69, 9.17) is 0 Å². The molecule has 0 aromatic rings. The zero-order chi connectivity index (χ0) is 13.3. The van der Waals surface area contributed by atoms with Gasteiger partial charge in [0.1, 0.15) is 5.82 Å². The van der Waals surface area contributed by atoms with Crippen molar-refractivity contribution in [1.82, 2.24) is 10.2 Å². The Balaban J connectivity index is 2.49. The summed E-state index contributed by atoms with van der Waals surface area (Å²) in [6.07, 6.45) is 5.80. The molecule has 98 valence electrons. The van der Waals surface area contributed by atoms with Crippen molar-refractivity contribution >= 4 is 11.7 Å². The zero-order valence-electron chi connectivity index (χ0n) is 11.2. The number of amides is 1. The predicted molar refractivity (Wildman–Crippen MR) is 69.3 cm³/mol. The minimum atomic E-state index is -0.175. The first-order chi connectivity index (χ1) is 8.54. The molecule has 2 atom stereocenters. The number of Topliss-reactive ketones (excluding diaryl/α,β-unsaturated/α-hetero) is 1. The molecule has 18 heavy (non-hydrogen) atoms. The molecule has 0 aromatic carbocycles. The Hall–Kier alpha value is -1.58. The van der Waals surface area contributed by atoms with Crippen molar-refractivity contribution in [2.45, 2.75) is 33.1 Å². The van der Waals surface area contributed by atoms with Crippen LogP contribution >= 0.6 is 0 Å². The summed E-state index contributed by atoms with van der Waals surface area (Å²) in [5, 5.41) is 2.89. The van der Waals surface area contributed by atoms with Crippen molar-refractivity contribution in [3.63, 3.8) is 0 Å². The maximum absolute atomic E-state index is 12.6. The normalized spacial score (nSPS) is 28.7. The maximum atomic E-state index is 12.6. The molecule has 0 saturated carbocycles. The monoisotopic (exact) mass is 248 g/mol. The molecule has 0 spiro atoms. The summed E-state index contributed by atoms with van der Waals surface area (Å²) in [5.41, 5.74) is 0.778. The van der Waals surface area contributed by atoms with E-state index in [9.17, 15) is 9.59 Å². The third-order valence-electron chi connectivity index (χ3n) is 3.74. The van der Waals surface area contributed by atoms with Crippen molar-refractivity contribution in [3.8, 4) is 0 Å². The molecule has 0 fully saturated rings. The Morgan fingerprint density at radius 2 is 2.17 bits per heavy atom. The predicted octanol–water partition coefficient (Wildman–Crippen LogP) is 1.80. The van der Waals surface area contributed by atoms with Crippen LogP contribution in [0.15, 0.2) is 23.7 Å². The number of allylic oxidation sites excluding steroid dienone is 2. The topological polar surface area (TPSA) is 49.4 Å². The molecule has 2 heterocycles. The summed E-state index contributed by atoms with van der Waals surface area (Å²) < 4.78 is 0. The number of hydrogen-bond donors (Lipinski definition) is 1. The number of hydrogen-bond acceptors (Lipinski definition) is 3. The average molecular weight is 248 g/mol. The van der Waals surface area contributed by atoms with E-state index < -0.39 is 0 Å². The van der Waals surface area contributed by atoms with Gasteiger partial charge >= 0.3 is 0 Å². The van der Waals surface area contributed by atoms with Crippen molar-refractivity contribution in [3.05, 3.63) is 23.7 Å². The number of nitrogens with zero attached hydrogens (tertiary/aromatic N) is 1. The summed E-state index contributed by atoms with van der Waals surface area (Å²) in [7, 11) is 1.86. The van der Waals surface area contributed by atoms with E-state index in [0.29, 0.717) is 18.7 Å². The second-order valence-electron chi connectivity index (χ2n) is 5.12. The van der Waals surface area contributed by atoms with Gasteiger partial charge in [0.15, 0.2) is 5.78 Å². The molecular weight excluding hydrogens is 228 g/mol. The highest BCUT2D eigenvalue weighted by Gasteiger charge is 2.34. The van der Waals surface area contributed by atoms with Crippen LogP contribution < -0.4 is 5.32 Å². The minimum absolute atomic E-state index is 0.0606. The van der Waals surface area contributed by atoms with Gasteiger partial charge < -0.3 is 10.2 Å². The van der Waals surface area contributed by atoms with Crippen LogP contribution in [0.25, 0.3) is 0 Å². The molecule has 2 aliphatic rings. The van der Waals surface area contributed by atoms with Gasteiger partial charge in [-0.1, -0.05) is 19.9 Å². The number of carbonyl (C=O) groups excluding carboxylic acids is 2. The average Bonchev–Trinajstić information content (AvgIpc) is 2.54. The highest BCUT2D eigenvalue weighted by atomic mass is 16.2. The van der Waals surface area contributed by atoms with Crippen molar-refractivity contribution < 1.29 is 9.59 Å². The number of rotatable bonds is 1. The van der Waals surface area contributed by atoms with Gasteiger partial charge in [0.05, 0.1) is 0 Å². The molecule has 0 aromatic heterocycles. The molecule has 0 bridgehead atoms. The Morgan fingerprint density at radius 1 is 1.44 bits per heavy atom. The fourth-order valence-corrected chi connectivity index (χ4v) is 2.60. The first kappa shape index (κ1) is 12.9. The van der Waals surface area contributed by atoms with Gasteiger partial charge in [-0.2, -0.15) is 0 Å². The van der Waals surface area contributed by atoms with Crippen molar-refractivity contribution in [2.75, 3.05) is 7.05 Å². The van der Waals surface area contributed by atoms with Crippen LogP contribution in [-0.2, 0) is 9.59 Å². The number of nitrogens with one attached hydrogen (secondary N) is 1. The van der Waals surface area contributed by atoms with E-state index in [1.807, 2.05) is 38.1 Å². The molecule has 0 radical (unpaired) electrons. The quantitative estimate of drug-likeness (QED) is 0.769. The van der Waals surface area contributed by atoms with Crippen LogP contribution in [0.2, 0.25) is 0 Å². The Kier molecular flexibility index (Phi) is 3.55. The third kappa shape index (κ3) is 2.19. The van der Waals surface area contributed by atoms with Gasteiger partial charge in [-0.05, 0) is 18.8 Å². The van der Waals surface area contributed by atoms with E-state index in [0.717, 1.165) is 12.0 Å². The summed E-state index contributed by atoms with van der Waals surface area (Å²) in [6.45, 7) is 4.01. The molecule has 1 N–H and O–H groups in total. The van der Waals surface area contributed by atoms with E-state index in [1.165, 1.54) is 0 Å². The SMILES string of the molecule is CCC1CC(=O)NC2=C(C1=O)C(C)CC=CN2C. The van der Waals surface area contributed by atoms with Gasteiger partial charge in [-0.15, -0.1) is 0 Å². The molecule has 2 aliphatic heterocycles. The Labute approximate surface area is 108 Å².